The average Bonchev–Trinajstić information content (AvgIpc) is 2.36. The van der Waals surface area contributed by atoms with E-state index in [1.54, 1.807) is 24.3 Å². The molecule has 112 valence electrons. The van der Waals surface area contributed by atoms with Crippen molar-refractivity contribution in [2.24, 2.45) is 10.7 Å². The van der Waals surface area contributed by atoms with E-state index in [1.165, 1.54) is 12.2 Å². The molecule has 0 spiro atoms. The molecule has 0 heterocycles. The van der Waals surface area contributed by atoms with Crippen molar-refractivity contribution in [3.63, 3.8) is 0 Å². The maximum Gasteiger partial charge on any atom is 0.448 e. The molecule has 0 amide bonds. The van der Waals surface area contributed by atoms with E-state index < -0.39 is 7.75 Å². The fraction of sp³-hybridized carbons (Fsp3) is 0.214. The standard InChI is InChI=1S/C14H16NO5P/c16-12-3-1-2-10(8-12)4-5-11-6-7-13(17)9-14(11)15-21(18,19)20/h1-3,6-9,11,16-17H,4-5H2,(H2,18,19,20)/b15-14+. The Bertz CT molecular complexity index is 659. The van der Waals surface area contributed by atoms with Crippen LogP contribution in [0.1, 0.15) is 12.0 Å². The smallest absolute Gasteiger partial charge is 0.448 e. The number of aryl methyl sites for hydroxylation is 1. The number of rotatable bonds is 4. The van der Waals surface area contributed by atoms with Crippen molar-refractivity contribution in [2.75, 3.05) is 0 Å². The second kappa shape index (κ2) is 6.26. The lowest BCUT2D eigenvalue weighted by molar-refractivity contribution is 0.375. The normalized spacial score (nSPS) is 20.6. The first kappa shape index (κ1) is 15.5. The van der Waals surface area contributed by atoms with E-state index in [-0.39, 0.29) is 23.1 Å². The molecule has 1 aliphatic carbocycles. The predicted octanol–water partition coefficient (Wildman–Crippen LogP) is 2.49. The Labute approximate surface area is 122 Å². The van der Waals surface area contributed by atoms with E-state index in [2.05, 4.69) is 4.76 Å². The van der Waals surface area contributed by atoms with E-state index in [4.69, 9.17) is 9.79 Å². The van der Waals surface area contributed by atoms with Crippen LogP contribution in [0.5, 0.6) is 5.75 Å². The van der Waals surface area contributed by atoms with Crippen molar-refractivity contribution in [3.05, 3.63) is 53.8 Å². The van der Waals surface area contributed by atoms with E-state index >= 15 is 0 Å². The van der Waals surface area contributed by atoms with Crippen LogP contribution < -0.4 is 0 Å². The molecule has 1 aromatic carbocycles. The summed E-state index contributed by atoms with van der Waals surface area (Å²) < 4.78 is 14.4. The molecule has 0 fully saturated rings. The first-order valence-electron chi connectivity index (χ1n) is 6.36. The van der Waals surface area contributed by atoms with Crippen LogP contribution in [0, 0.1) is 5.92 Å². The highest BCUT2D eigenvalue weighted by molar-refractivity contribution is 7.50. The minimum atomic E-state index is -4.54. The Morgan fingerprint density at radius 2 is 2.00 bits per heavy atom. The molecule has 1 aliphatic rings. The van der Waals surface area contributed by atoms with Crippen molar-refractivity contribution in [2.45, 2.75) is 12.8 Å². The molecule has 0 aliphatic heterocycles. The van der Waals surface area contributed by atoms with E-state index in [0.29, 0.717) is 12.8 Å². The molecular formula is C14H16NO5P. The van der Waals surface area contributed by atoms with Gasteiger partial charge in [-0.15, -0.1) is 0 Å². The molecule has 0 bridgehead atoms. The van der Waals surface area contributed by atoms with Crippen LogP contribution in [0.2, 0.25) is 0 Å². The number of aromatic hydroxyl groups is 1. The molecule has 4 N–H and O–H groups in total. The molecule has 1 atom stereocenters. The first-order chi connectivity index (χ1) is 9.83. The molecule has 0 saturated heterocycles. The molecule has 0 aromatic heterocycles. The van der Waals surface area contributed by atoms with Crippen LogP contribution in [0.25, 0.3) is 0 Å². The highest BCUT2D eigenvalue weighted by Crippen LogP contribution is 2.38. The van der Waals surface area contributed by atoms with Gasteiger partial charge in [-0.3, -0.25) is 0 Å². The Morgan fingerprint density at radius 3 is 2.67 bits per heavy atom. The number of phenols is 1. The second-order valence-electron chi connectivity index (χ2n) is 4.78. The SMILES string of the molecule is O=P(O)(O)/N=C1\C=C(O)C=CC1CCc1cccc(O)c1. The highest BCUT2D eigenvalue weighted by Gasteiger charge is 2.20. The number of benzene rings is 1. The number of aliphatic hydroxyl groups is 1. The third-order valence-corrected chi connectivity index (χ3v) is 3.57. The Hall–Kier alpha value is -1.88. The topological polar surface area (TPSA) is 110 Å². The quantitative estimate of drug-likeness (QED) is 0.639. The van der Waals surface area contributed by atoms with Crippen LogP contribution in [0.15, 0.2) is 53.0 Å². The summed E-state index contributed by atoms with van der Waals surface area (Å²) in [6, 6.07) is 6.81. The van der Waals surface area contributed by atoms with Crippen molar-refractivity contribution in [1.29, 1.82) is 0 Å². The predicted molar refractivity (Wildman–Crippen MR) is 79.2 cm³/mol. The lowest BCUT2D eigenvalue weighted by Gasteiger charge is -2.17. The summed E-state index contributed by atoms with van der Waals surface area (Å²) in [5, 5.41) is 18.8. The van der Waals surface area contributed by atoms with Crippen LogP contribution in [0.4, 0.5) is 0 Å². The zero-order valence-electron chi connectivity index (χ0n) is 11.1. The van der Waals surface area contributed by atoms with Crippen LogP contribution in [0.3, 0.4) is 0 Å². The summed E-state index contributed by atoms with van der Waals surface area (Å²) >= 11 is 0. The summed E-state index contributed by atoms with van der Waals surface area (Å²) in [6.07, 6.45) is 5.56. The fourth-order valence-electron chi connectivity index (χ4n) is 2.15. The van der Waals surface area contributed by atoms with Crippen molar-refractivity contribution in [3.8, 4) is 5.75 Å². The Balaban J connectivity index is 2.13. The number of allylic oxidation sites excluding steroid dienone is 3. The average molecular weight is 309 g/mol. The third-order valence-electron chi connectivity index (χ3n) is 3.08. The number of phenolic OH excluding ortho intramolecular Hbond substituents is 1. The van der Waals surface area contributed by atoms with Gasteiger partial charge in [0.15, 0.2) is 0 Å². The second-order valence-corrected chi connectivity index (χ2v) is 6.01. The summed E-state index contributed by atoms with van der Waals surface area (Å²) in [4.78, 5) is 17.9. The molecule has 1 aromatic rings. The maximum atomic E-state index is 11.0. The number of hydrogen-bond acceptors (Lipinski definition) is 3. The monoisotopic (exact) mass is 309 g/mol. The van der Waals surface area contributed by atoms with Crippen molar-refractivity contribution >= 4 is 13.5 Å². The number of hydrogen-bond donors (Lipinski definition) is 4. The minimum Gasteiger partial charge on any atom is -0.508 e. The van der Waals surface area contributed by atoms with Crippen molar-refractivity contribution in [1.82, 2.24) is 0 Å². The molecule has 1 unspecified atom stereocenters. The lowest BCUT2D eigenvalue weighted by Crippen LogP contribution is -2.15. The zero-order chi connectivity index (χ0) is 15.5. The summed E-state index contributed by atoms with van der Waals surface area (Å²) in [6.45, 7) is 0. The molecule has 6 nitrogen and oxygen atoms in total. The molecule has 0 radical (unpaired) electrons. The third kappa shape index (κ3) is 4.86. The summed E-state index contributed by atoms with van der Waals surface area (Å²) in [5.41, 5.74) is 1.07. The van der Waals surface area contributed by atoms with Gasteiger partial charge in [0.1, 0.15) is 11.5 Å². The van der Waals surface area contributed by atoms with Gasteiger partial charge in [-0.05, 0) is 36.6 Å². The summed E-state index contributed by atoms with van der Waals surface area (Å²) in [7, 11) is -4.54. The largest absolute Gasteiger partial charge is 0.508 e. The van der Waals surface area contributed by atoms with Gasteiger partial charge in [0.05, 0.1) is 5.71 Å². The first-order valence-corrected chi connectivity index (χ1v) is 7.92. The molecular weight excluding hydrogens is 293 g/mol. The lowest BCUT2D eigenvalue weighted by atomic mass is 9.91. The van der Waals surface area contributed by atoms with E-state index in [0.717, 1.165) is 5.56 Å². The van der Waals surface area contributed by atoms with Gasteiger partial charge >= 0.3 is 7.75 Å². The van der Waals surface area contributed by atoms with E-state index in [1.807, 2.05) is 6.07 Å². The Kier molecular flexibility index (Phi) is 4.63. The van der Waals surface area contributed by atoms with Gasteiger partial charge in [0.25, 0.3) is 0 Å². The number of nitrogens with zero attached hydrogens (tertiary/aromatic N) is 1. The molecule has 21 heavy (non-hydrogen) atoms. The van der Waals surface area contributed by atoms with Crippen LogP contribution in [-0.4, -0.2) is 25.7 Å². The van der Waals surface area contributed by atoms with Gasteiger partial charge in [0.2, 0.25) is 0 Å². The molecule has 2 rings (SSSR count). The number of aliphatic hydroxyl groups excluding tert-OH is 1. The van der Waals surface area contributed by atoms with Gasteiger partial charge < -0.3 is 20.0 Å². The van der Waals surface area contributed by atoms with Crippen LogP contribution >= 0.6 is 7.75 Å². The molecule has 7 heteroatoms. The van der Waals surface area contributed by atoms with Gasteiger partial charge in [-0.1, -0.05) is 18.2 Å². The zero-order valence-corrected chi connectivity index (χ0v) is 12.0. The van der Waals surface area contributed by atoms with Crippen molar-refractivity contribution < 1.29 is 24.6 Å². The highest BCUT2D eigenvalue weighted by atomic mass is 31.2. The Morgan fingerprint density at radius 1 is 1.24 bits per heavy atom. The fourth-order valence-corrected chi connectivity index (χ4v) is 2.66. The maximum absolute atomic E-state index is 11.0. The minimum absolute atomic E-state index is 0.0872. The van der Waals surface area contributed by atoms with Gasteiger partial charge in [-0.2, -0.15) is 4.76 Å². The van der Waals surface area contributed by atoms with Gasteiger partial charge in [0, 0.05) is 12.0 Å². The van der Waals surface area contributed by atoms with Crippen LogP contribution in [-0.2, 0) is 11.0 Å². The van der Waals surface area contributed by atoms with Gasteiger partial charge in [-0.25, -0.2) is 4.57 Å². The summed E-state index contributed by atoms with van der Waals surface area (Å²) in [5.74, 6) is -0.208. The molecule has 0 saturated carbocycles. The van der Waals surface area contributed by atoms with E-state index in [9.17, 15) is 14.8 Å².